The third-order valence-electron chi connectivity index (χ3n) is 7.16. The molecule has 3 aromatic heterocycles. The predicted octanol–water partition coefficient (Wildman–Crippen LogP) is 1.85. The number of pyridine rings is 2. The fourth-order valence-corrected chi connectivity index (χ4v) is 5.35. The standard InChI is InChI=1S/C24H31N9O/c25-21-15-17(4-10-27-21)16-32-11-5-19(6-12-32)24(34)33-13-7-18(8-14-33)22(23-28-30-31-29-23)20-3-1-2-9-26-20/h1-4,9-10,15,18-19,22H,5-8,11-14,16H2,(H2,25,27)(H,28,29,30,31). The first-order valence-electron chi connectivity index (χ1n) is 12.0. The number of likely N-dealkylation sites (tertiary alicyclic amines) is 2. The van der Waals surface area contributed by atoms with Gasteiger partial charge in [-0.2, -0.15) is 5.21 Å². The first-order chi connectivity index (χ1) is 16.7. The number of rotatable bonds is 6. The Morgan fingerprint density at radius 3 is 2.56 bits per heavy atom. The van der Waals surface area contributed by atoms with E-state index in [2.05, 4.69) is 40.4 Å². The van der Waals surface area contributed by atoms with Gasteiger partial charge >= 0.3 is 0 Å². The second kappa shape index (κ2) is 10.3. The van der Waals surface area contributed by atoms with Gasteiger partial charge in [-0.05, 0) is 74.5 Å². The number of nitrogens with zero attached hydrogens (tertiary/aromatic N) is 7. The Morgan fingerprint density at radius 1 is 1.06 bits per heavy atom. The first kappa shape index (κ1) is 22.4. The summed E-state index contributed by atoms with van der Waals surface area (Å²) < 4.78 is 0. The van der Waals surface area contributed by atoms with Crippen LogP contribution >= 0.6 is 0 Å². The Morgan fingerprint density at radius 2 is 1.88 bits per heavy atom. The minimum atomic E-state index is -0.0114. The van der Waals surface area contributed by atoms with E-state index < -0.39 is 0 Å². The van der Waals surface area contributed by atoms with Crippen molar-refractivity contribution in [3.63, 3.8) is 0 Å². The minimum absolute atomic E-state index is 0.0114. The molecule has 0 aromatic carbocycles. The highest BCUT2D eigenvalue weighted by Crippen LogP contribution is 2.36. The van der Waals surface area contributed by atoms with Gasteiger partial charge < -0.3 is 10.6 Å². The monoisotopic (exact) mass is 461 g/mol. The molecule has 2 aliphatic heterocycles. The van der Waals surface area contributed by atoms with E-state index in [0.29, 0.717) is 23.5 Å². The Kier molecular flexibility index (Phi) is 6.75. The molecule has 5 heterocycles. The topological polar surface area (TPSA) is 130 Å². The number of carbonyl (C=O) groups is 1. The SMILES string of the molecule is Nc1cc(CN2CCC(C(=O)N3CCC(C(c4ccccn4)c4nn[nH]n4)CC3)CC2)ccn1. The highest BCUT2D eigenvalue weighted by atomic mass is 16.2. The molecule has 3 aromatic rings. The maximum absolute atomic E-state index is 13.3. The fourth-order valence-electron chi connectivity index (χ4n) is 5.35. The molecule has 10 heteroatoms. The Bertz CT molecular complexity index is 1060. The number of aromatic nitrogens is 6. The molecule has 5 rings (SSSR count). The third kappa shape index (κ3) is 5.06. The van der Waals surface area contributed by atoms with Gasteiger partial charge in [0.15, 0.2) is 5.82 Å². The van der Waals surface area contributed by atoms with E-state index in [0.717, 1.165) is 64.1 Å². The van der Waals surface area contributed by atoms with Crippen molar-refractivity contribution in [2.24, 2.45) is 11.8 Å². The van der Waals surface area contributed by atoms with Crippen molar-refractivity contribution in [2.75, 3.05) is 31.9 Å². The fraction of sp³-hybridized carbons (Fsp3) is 0.500. The van der Waals surface area contributed by atoms with Crippen molar-refractivity contribution in [1.82, 2.24) is 40.4 Å². The molecule has 0 aliphatic carbocycles. The summed E-state index contributed by atoms with van der Waals surface area (Å²) in [5, 5.41) is 14.8. The van der Waals surface area contributed by atoms with E-state index in [1.165, 1.54) is 5.56 Å². The van der Waals surface area contributed by atoms with Crippen LogP contribution < -0.4 is 5.73 Å². The Hall–Kier alpha value is -3.40. The van der Waals surface area contributed by atoms with Crippen LogP contribution in [0.15, 0.2) is 42.7 Å². The van der Waals surface area contributed by atoms with Crippen molar-refractivity contribution < 1.29 is 4.79 Å². The number of amides is 1. The smallest absolute Gasteiger partial charge is 0.225 e. The number of hydrogen-bond acceptors (Lipinski definition) is 8. The van der Waals surface area contributed by atoms with Crippen molar-refractivity contribution in [2.45, 2.75) is 38.1 Å². The van der Waals surface area contributed by atoms with Crippen LogP contribution in [0.25, 0.3) is 0 Å². The number of nitrogens with two attached hydrogens (primary N) is 1. The van der Waals surface area contributed by atoms with Crippen LogP contribution in [0, 0.1) is 11.8 Å². The van der Waals surface area contributed by atoms with E-state index in [1.54, 1.807) is 12.4 Å². The maximum Gasteiger partial charge on any atom is 0.225 e. The largest absolute Gasteiger partial charge is 0.384 e. The van der Waals surface area contributed by atoms with Crippen LogP contribution in [0.2, 0.25) is 0 Å². The number of nitrogen functional groups attached to an aromatic ring is 1. The zero-order valence-electron chi connectivity index (χ0n) is 19.3. The van der Waals surface area contributed by atoms with Gasteiger partial charge in [0.05, 0.1) is 11.6 Å². The molecule has 1 amide bonds. The van der Waals surface area contributed by atoms with Crippen LogP contribution in [0.5, 0.6) is 0 Å². The summed E-state index contributed by atoms with van der Waals surface area (Å²) in [4.78, 5) is 26.4. The van der Waals surface area contributed by atoms with Crippen molar-refractivity contribution >= 4 is 11.7 Å². The van der Waals surface area contributed by atoms with Crippen molar-refractivity contribution in [3.05, 3.63) is 59.8 Å². The molecular weight excluding hydrogens is 430 g/mol. The molecule has 0 saturated carbocycles. The van der Waals surface area contributed by atoms with Gasteiger partial charge in [0.25, 0.3) is 0 Å². The van der Waals surface area contributed by atoms with Crippen molar-refractivity contribution in [1.29, 1.82) is 0 Å². The number of aromatic amines is 1. The number of carbonyl (C=O) groups excluding carboxylic acids is 1. The zero-order chi connectivity index (χ0) is 23.3. The van der Waals surface area contributed by atoms with E-state index in [1.807, 2.05) is 30.3 Å². The molecule has 178 valence electrons. The number of nitrogens with one attached hydrogen (secondary N) is 1. The van der Waals surface area contributed by atoms with Crippen LogP contribution in [-0.2, 0) is 11.3 Å². The van der Waals surface area contributed by atoms with Crippen LogP contribution in [0.3, 0.4) is 0 Å². The van der Waals surface area contributed by atoms with Crippen LogP contribution in [0.1, 0.15) is 48.7 Å². The molecule has 2 fully saturated rings. The van der Waals surface area contributed by atoms with E-state index in [-0.39, 0.29) is 11.8 Å². The summed E-state index contributed by atoms with van der Waals surface area (Å²) in [6, 6.07) is 9.85. The third-order valence-corrected chi connectivity index (χ3v) is 7.16. The Balaban J connectivity index is 1.15. The van der Waals surface area contributed by atoms with Gasteiger partial charge in [-0.25, -0.2) is 4.98 Å². The zero-order valence-corrected chi connectivity index (χ0v) is 19.3. The lowest BCUT2D eigenvalue weighted by Gasteiger charge is -2.38. The highest BCUT2D eigenvalue weighted by Gasteiger charge is 2.35. The molecule has 2 aliphatic rings. The molecule has 0 radical (unpaired) electrons. The molecular formula is C24H31N9O. The number of hydrogen-bond donors (Lipinski definition) is 2. The molecule has 0 spiro atoms. The second-order valence-corrected chi connectivity index (χ2v) is 9.30. The molecule has 1 unspecified atom stereocenters. The first-order valence-corrected chi connectivity index (χ1v) is 12.0. The summed E-state index contributed by atoms with van der Waals surface area (Å²) in [6.45, 7) is 4.23. The number of anilines is 1. The van der Waals surface area contributed by atoms with Crippen LogP contribution in [-0.4, -0.2) is 72.5 Å². The number of tetrazole rings is 1. The maximum atomic E-state index is 13.3. The average molecular weight is 462 g/mol. The molecule has 10 nitrogen and oxygen atoms in total. The summed E-state index contributed by atoms with van der Waals surface area (Å²) in [5.74, 6) is 1.95. The highest BCUT2D eigenvalue weighted by molar-refractivity contribution is 5.79. The molecule has 34 heavy (non-hydrogen) atoms. The number of H-pyrrole nitrogens is 1. The Labute approximate surface area is 199 Å². The van der Waals surface area contributed by atoms with Gasteiger partial charge in [-0.15, -0.1) is 10.2 Å². The summed E-state index contributed by atoms with van der Waals surface area (Å²) in [5.41, 5.74) is 7.93. The molecule has 2 saturated heterocycles. The average Bonchev–Trinajstić information content (AvgIpc) is 3.40. The molecule has 1 atom stereocenters. The van der Waals surface area contributed by atoms with E-state index >= 15 is 0 Å². The lowest BCUT2D eigenvalue weighted by Crippen LogP contribution is -2.46. The summed E-state index contributed by atoms with van der Waals surface area (Å²) in [7, 11) is 0. The van der Waals surface area contributed by atoms with Crippen molar-refractivity contribution in [3.8, 4) is 0 Å². The summed E-state index contributed by atoms with van der Waals surface area (Å²) in [6.07, 6.45) is 7.17. The van der Waals surface area contributed by atoms with E-state index in [9.17, 15) is 4.79 Å². The molecule has 3 N–H and O–H groups in total. The summed E-state index contributed by atoms with van der Waals surface area (Å²) >= 11 is 0. The van der Waals surface area contributed by atoms with Gasteiger partial charge in [0.2, 0.25) is 5.91 Å². The minimum Gasteiger partial charge on any atom is -0.384 e. The quantitative estimate of drug-likeness (QED) is 0.569. The normalized spacial score (nSPS) is 19.2. The number of piperidine rings is 2. The lowest BCUT2D eigenvalue weighted by molar-refractivity contribution is -0.138. The van der Waals surface area contributed by atoms with Gasteiger partial charge in [-0.3, -0.25) is 14.7 Å². The van der Waals surface area contributed by atoms with E-state index in [4.69, 9.17) is 5.73 Å². The van der Waals surface area contributed by atoms with Gasteiger partial charge in [-0.1, -0.05) is 11.3 Å². The second-order valence-electron chi connectivity index (χ2n) is 9.30. The van der Waals surface area contributed by atoms with Crippen LogP contribution in [0.4, 0.5) is 5.82 Å². The van der Waals surface area contributed by atoms with Gasteiger partial charge in [0.1, 0.15) is 5.82 Å². The van der Waals surface area contributed by atoms with Gasteiger partial charge in [0, 0.05) is 37.9 Å². The predicted molar refractivity (Wildman–Crippen MR) is 126 cm³/mol. The molecule has 0 bridgehead atoms. The lowest BCUT2D eigenvalue weighted by atomic mass is 9.81.